The monoisotopic (exact) mass is 263 g/mol. The number of H-pyrrole nitrogens is 1. The van der Waals surface area contributed by atoms with Gasteiger partial charge in [0, 0.05) is 11.1 Å². The van der Waals surface area contributed by atoms with Crippen LogP contribution in [0, 0.1) is 12.8 Å². The number of nitrogens with one attached hydrogen (secondary N) is 1. The maximum Gasteiger partial charge on any atom is 0.149 e. The van der Waals surface area contributed by atoms with Crippen LogP contribution in [0.4, 0.5) is 5.82 Å². The zero-order chi connectivity index (χ0) is 13.3. The highest BCUT2D eigenvalue weighted by Gasteiger charge is 2.16. The van der Waals surface area contributed by atoms with Crippen molar-refractivity contribution in [1.29, 1.82) is 0 Å². The molecular formula is C14H18ClN3. The Balaban J connectivity index is 2.54. The van der Waals surface area contributed by atoms with Gasteiger partial charge in [0.25, 0.3) is 0 Å². The van der Waals surface area contributed by atoms with Crippen molar-refractivity contribution in [3.05, 3.63) is 34.3 Å². The van der Waals surface area contributed by atoms with Crippen molar-refractivity contribution in [2.24, 2.45) is 5.92 Å². The van der Waals surface area contributed by atoms with Crippen LogP contribution in [0.3, 0.4) is 0 Å². The molecule has 0 aliphatic heterocycles. The van der Waals surface area contributed by atoms with E-state index in [-0.39, 0.29) is 0 Å². The number of nitrogens with two attached hydrogens (primary N) is 1. The van der Waals surface area contributed by atoms with E-state index in [4.69, 9.17) is 17.3 Å². The van der Waals surface area contributed by atoms with Gasteiger partial charge < -0.3 is 5.73 Å². The number of aromatic amines is 1. The van der Waals surface area contributed by atoms with Gasteiger partial charge in [-0.3, -0.25) is 5.10 Å². The van der Waals surface area contributed by atoms with Crippen molar-refractivity contribution >= 4 is 17.4 Å². The molecule has 0 bridgehead atoms. The predicted molar refractivity (Wildman–Crippen MR) is 76.7 cm³/mol. The van der Waals surface area contributed by atoms with Gasteiger partial charge in [0.15, 0.2) is 0 Å². The van der Waals surface area contributed by atoms with Gasteiger partial charge in [-0.2, -0.15) is 5.10 Å². The Morgan fingerprint density at radius 2 is 2.11 bits per heavy atom. The molecule has 0 fully saturated rings. The van der Waals surface area contributed by atoms with E-state index in [9.17, 15) is 0 Å². The first-order chi connectivity index (χ1) is 8.50. The van der Waals surface area contributed by atoms with Gasteiger partial charge in [-0.05, 0) is 24.8 Å². The molecule has 0 aliphatic carbocycles. The van der Waals surface area contributed by atoms with Crippen LogP contribution in [0.5, 0.6) is 0 Å². The van der Waals surface area contributed by atoms with E-state index in [1.54, 1.807) is 0 Å². The molecule has 0 spiro atoms. The van der Waals surface area contributed by atoms with Crippen molar-refractivity contribution in [2.45, 2.75) is 27.2 Å². The molecule has 1 heterocycles. The third-order valence-electron chi connectivity index (χ3n) is 2.97. The summed E-state index contributed by atoms with van der Waals surface area (Å²) in [5, 5.41) is 7.87. The Kier molecular flexibility index (Phi) is 3.62. The van der Waals surface area contributed by atoms with Crippen LogP contribution in [0.25, 0.3) is 11.3 Å². The van der Waals surface area contributed by atoms with Gasteiger partial charge in [0.05, 0.1) is 10.7 Å². The molecule has 2 aromatic rings. The van der Waals surface area contributed by atoms with E-state index in [2.05, 4.69) is 24.0 Å². The third-order valence-corrected chi connectivity index (χ3v) is 3.47. The predicted octanol–water partition coefficient (Wildman–Crippen LogP) is 3.82. The minimum absolute atomic E-state index is 0.521. The van der Waals surface area contributed by atoms with Crippen molar-refractivity contribution in [3.63, 3.8) is 0 Å². The van der Waals surface area contributed by atoms with Gasteiger partial charge in [-0.25, -0.2) is 0 Å². The van der Waals surface area contributed by atoms with Gasteiger partial charge in [0.1, 0.15) is 5.82 Å². The standard InChI is InChI=1S/C14H18ClN3/c1-8(2)7-11-13(17-18-14(11)16)10-6-4-5-9(3)12(10)15/h4-6,8H,7H2,1-3H3,(H3,16,17,18). The summed E-state index contributed by atoms with van der Waals surface area (Å²) in [7, 11) is 0. The first-order valence-electron chi connectivity index (χ1n) is 6.09. The summed E-state index contributed by atoms with van der Waals surface area (Å²) >= 11 is 6.36. The zero-order valence-corrected chi connectivity index (χ0v) is 11.7. The fourth-order valence-electron chi connectivity index (χ4n) is 2.06. The Morgan fingerprint density at radius 1 is 1.39 bits per heavy atom. The summed E-state index contributed by atoms with van der Waals surface area (Å²) in [4.78, 5) is 0. The van der Waals surface area contributed by atoms with Crippen molar-refractivity contribution < 1.29 is 0 Å². The highest BCUT2D eigenvalue weighted by molar-refractivity contribution is 6.34. The number of anilines is 1. The van der Waals surface area contributed by atoms with Gasteiger partial charge >= 0.3 is 0 Å². The number of hydrogen-bond donors (Lipinski definition) is 2. The molecule has 4 heteroatoms. The maximum atomic E-state index is 6.36. The summed E-state index contributed by atoms with van der Waals surface area (Å²) in [6.07, 6.45) is 0.891. The minimum atomic E-state index is 0.521. The Morgan fingerprint density at radius 3 is 2.78 bits per heavy atom. The summed E-state index contributed by atoms with van der Waals surface area (Å²) in [5.41, 5.74) is 9.95. The first kappa shape index (κ1) is 13.0. The highest BCUT2D eigenvalue weighted by atomic mass is 35.5. The minimum Gasteiger partial charge on any atom is -0.382 e. The SMILES string of the molecule is Cc1cccc(-c2[nH]nc(N)c2CC(C)C)c1Cl. The smallest absolute Gasteiger partial charge is 0.149 e. The molecule has 0 amide bonds. The molecule has 0 radical (unpaired) electrons. The Bertz CT molecular complexity index is 558. The molecular weight excluding hydrogens is 246 g/mol. The largest absolute Gasteiger partial charge is 0.382 e. The number of halogens is 1. The lowest BCUT2D eigenvalue weighted by Crippen LogP contribution is -1.99. The number of benzene rings is 1. The number of nitrogen functional groups attached to an aromatic ring is 1. The van der Waals surface area contributed by atoms with Crippen molar-refractivity contribution in [2.75, 3.05) is 5.73 Å². The van der Waals surface area contributed by atoms with Crippen molar-refractivity contribution in [1.82, 2.24) is 10.2 Å². The molecule has 96 valence electrons. The Hall–Kier alpha value is -1.48. The quantitative estimate of drug-likeness (QED) is 0.885. The third kappa shape index (κ3) is 2.36. The lowest BCUT2D eigenvalue weighted by molar-refractivity contribution is 0.649. The van der Waals surface area contributed by atoms with E-state index in [1.807, 2.05) is 25.1 Å². The number of hydrogen-bond acceptors (Lipinski definition) is 2. The summed E-state index contributed by atoms with van der Waals surface area (Å²) < 4.78 is 0. The fraction of sp³-hybridized carbons (Fsp3) is 0.357. The number of aromatic nitrogens is 2. The fourth-order valence-corrected chi connectivity index (χ4v) is 2.28. The lowest BCUT2D eigenvalue weighted by Gasteiger charge is -2.09. The molecule has 2 rings (SSSR count). The second-order valence-corrected chi connectivity index (χ2v) is 5.37. The molecule has 0 atom stereocenters. The molecule has 1 aromatic heterocycles. The van der Waals surface area contributed by atoms with E-state index >= 15 is 0 Å². The second-order valence-electron chi connectivity index (χ2n) is 5.00. The maximum absolute atomic E-state index is 6.36. The molecule has 0 saturated heterocycles. The Labute approximate surface area is 112 Å². The summed E-state index contributed by atoms with van der Waals surface area (Å²) in [6.45, 7) is 6.32. The molecule has 3 N–H and O–H groups in total. The average molecular weight is 264 g/mol. The highest BCUT2D eigenvalue weighted by Crippen LogP contribution is 2.34. The molecule has 3 nitrogen and oxygen atoms in total. The molecule has 0 aliphatic rings. The van der Waals surface area contributed by atoms with E-state index in [0.717, 1.165) is 33.8 Å². The second kappa shape index (κ2) is 5.02. The van der Waals surface area contributed by atoms with Crippen molar-refractivity contribution in [3.8, 4) is 11.3 Å². The average Bonchev–Trinajstić information content (AvgIpc) is 2.64. The van der Waals surface area contributed by atoms with Crippen LogP contribution in [-0.2, 0) is 6.42 Å². The van der Waals surface area contributed by atoms with E-state index < -0.39 is 0 Å². The zero-order valence-electron chi connectivity index (χ0n) is 10.9. The van der Waals surface area contributed by atoms with Crippen LogP contribution < -0.4 is 5.73 Å². The number of aryl methyl sites for hydroxylation is 1. The number of rotatable bonds is 3. The van der Waals surface area contributed by atoms with Crippen LogP contribution in [0.2, 0.25) is 5.02 Å². The van der Waals surface area contributed by atoms with Crippen LogP contribution in [-0.4, -0.2) is 10.2 Å². The number of nitrogens with zero attached hydrogens (tertiary/aromatic N) is 1. The normalized spacial score (nSPS) is 11.2. The first-order valence-corrected chi connectivity index (χ1v) is 6.46. The van der Waals surface area contributed by atoms with Crippen LogP contribution in [0.15, 0.2) is 18.2 Å². The van der Waals surface area contributed by atoms with Gasteiger partial charge in [-0.1, -0.05) is 43.6 Å². The van der Waals surface area contributed by atoms with Gasteiger partial charge in [0.2, 0.25) is 0 Å². The molecule has 0 saturated carbocycles. The summed E-state index contributed by atoms with van der Waals surface area (Å²) in [6, 6.07) is 5.98. The lowest BCUT2D eigenvalue weighted by atomic mass is 9.98. The molecule has 18 heavy (non-hydrogen) atoms. The molecule has 0 unspecified atom stereocenters. The van der Waals surface area contributed by atoms with Crippen LogP contribution >= 0.6 is 11.6 Å². The van der Waals surface area contributed by atoms with Gasteiger partial charge in [-0.15, -0.1) is 0 Å². The van der Waals surface area contributed by atoms with Crippen LogP contribution in [0.1, 0.15) is 25.0 Å². The van der Waals surface area contributed by atoms with E-state index in [0.29, 0.717) is 11.7 Å². The summed E-state index contributed by atoms with van der Waals surface area (Å²) in [5.74, 6) is 1.09. The molecule has 1 aromatic carbocycles. The topological polar surface area (TPSA) is 54.7 Å². The van der Waals surface area contributed by atoms with E-state index in [1.165, 1.54) is 0 Å².